The van der Waals surface area contributed by atoms with E-state index in [2.05, 4.69) is 13.8 Å². The van der Waals surface area contributed by atoms with Gasteiger partial charge < -0.3 is 27.9 Å². The van der Waals surface area contributed by atoms with Gasteiger partial charge in [-0.05, 0) is 12.8 Å². The van der Waals surface area contributed by atoms with Crippen LogP contribution in [0.2, 0.25) is 0 Å². The Morgan fingerprint density at radius 1 is 0.474 bits per heavy atom. The van der Waals surface area contributed by atoms with E-state index in [-0.39, 0.29) is 32.0 Å². The van der Waals surface area contributed by atoms with Crippen LogP contribution in [0.4, 0.5) is 0 Å². The molecule has 2 unspecified atom stereocenters. The van der Waals surface area contributed by atoms with Crippen molar-refractivity contribution in [3.8, 4) is 0 Å². The molecule has 340 valence electrons. The van der Waals surface area contributed by atoms with Crippen molar-refractivity contribution in [3.05, 3.63) is 0 Å². The Bertz CT molecular complexity index is 943. The van der Waals surface area contributed by atoms with Crippen LogP contribution in [0.15, 0.2) is 0 Å². The lowest BCUT2D eigenvalue weighted by molar-refractivity contribution is -0.870. The topological polar surface area (TPSA) is 111 Å². The van der Waals surface area contributed by atoms with Gasteiger partial charge in [-0.15, -0.1) is 0 Å². The van der Waals surface area contributed by atoms with E-state index in [9.17, 15) is 19.0 Å². The number of nitrogens with zero attached hydrogens (tertiary/aromatic N) is 1. The number of unbranched alkanes of at least 4 members (excludes halogenated alkanes) is 31. The molecule has 0 aliphatic carbocycles. The number of rotatable bonds is 45. The van der Waals surface area contributed by atoms with Crippen molar-refractivity contribution in [2.75, 3.05) is 47.5 Å². The van der Waals surface area contributed by atoms with Crippen molar-refractivity contribution < 1.29 is 42.1 Å². The van der Waals surface area contributed by atoms with Crippen molar-refractivity contribution in [1.82, 2.24) is 0 Å². The van der Waals surface area contributed by atoms with Crippen LogP contribution in [-0.2, 0) is 32.7 Å². The maximum atomic E-state index is 12.7. The van der Waals surface area contributed by atoms with E-state index in [0.717, 1.165) is 32.1 Å². The van der Waals surface area contributed by atoms with Gasteiger partial charge in [0.05, 0.1) is 27.7 Å². The van der Waals surface area contributed by atoms with Gasteiger partial charge in [-0.3, -0.25) is 14.2 Å². The molecular formula is C47H94NO8P. The average Bonchev–Trinajstić information content (AvgIpc) is 3.16. The molecule has 0 aliphatic heterocycles. The molecular weight excluding hydrogens is 737 g/mol. The Hall–Kier alpha value is -0.990. The second-order valence-corrected chi connectivity index (χ2v) is 19.3. The quantitative estimate of drug-likeness (QED) is 0.0258. The molecule has 0 saturated carbocycles. The van der Waals surface area contributed by atoms with Crippen molar-refractivity contribution >= 4 is 19.8 Å². The van der Waals surface area contributed by atoms with Gasteiger partial charge in [-0.25, -0.2) is 0 Å². The number of phosphoric acid groups is 1. The number of hydrogen-bond donors (Lipinski definition) is 0. The zero-order chi connectivity index (χ0) is 42.1. The molecule has 2 atom stereocenters. The summed E-state index contributed by atoms with van der Waals surface area (Å²) in [7, 11) is 1.18. The molecule has 0 aromatic rings. The van der Waals surface area contributed by atoms with Crippen molar-refractivity contribution in [2.45, 2.75) is 245 Å². The zero-order valence-electron chi connectivity index (χ0n) is 38.3. The second-order valence-electron chi connectivity index (χ2n) is 17.8. The number of carbonyl (C=O) groups excluding carboxylic acids is 2. The van der Waals surface area contributed by atoms with E-state index < -0.39 is 26.5 Å². The molecule has 10 heteroatoms. The molecule has 0 N–H and O–H groups in total. The van der Waals surface area contributed by atoms with Gasteiger partial charge in [0.2, 0.25) is 0 Å². The standard InChI is InChI=1S/C47H94NO8P/c1-6-8-10-12-14-16-18-20-22-23-24-25-26-28-30-32-34-36-38-40-47(50)56-45(44-55-57(51,52)54-42-41-48(3,4)5)43-53-46(49)39-37-35-33-31-29-27-21-19-17-15-13-11-9-7-2/h45H,6-44H2,1-5H3. The van der Waals surface area contributed by atoms with E-state index in [4.69, 9.17) is 18.5 Å². The largest absolute Gasteiger partial charge is 0.756 e. The molecule has 0 aromatic carbocycles. The molecule has 0 aromatic heterocycles. The molecule has 0 amide bonds. The Balaban J connectivity index is 4.23. The van der Waals surface area contributed by atoms with Gasteiger partial charge in [-0.1, -0.05) is 213 Å². The minimum absolute atomic E-state index is 0.0255. The number of phosphoric ester groups is 1. The summed E-state index contributed by atoms with van der Waals surface area (Å²) in [5, 5.41) is 0. The highest BCUT2D eigenvalue weighted by atomic mass is 31.2. The van der Waals surface area contributed by atoms with Crippen LogP contribution in [0.3, 0.4) is 0 Å². The van der Waals surface area contributed by atoms with E-state index in [0.29, 0.717) is 17.4 Å². The third kappa shape index (κ3) is 44.4. The first kappa shape index (κ1) is 56.0. The molecule has 0 radical (unpaired) electrons. The number of likely N-dealkylation sites (N-methyl/N-ethyl adjacent to an activating group) is 1. The summed E-state index contributed by atoms with van der Waals surface area (Å²) in [6.45, 7) is 4.28. The van der Waals surface area contributed by atoms with E-state index in [1.165, 1.54) is 173 Å². The van der Waals surface area contributed by atoms with Crippen LogP contribution in [0.5, 0.6) is 0 Å². The average molecular weight is 832 g/mol. The van der Waals surface area contributed by atoms with Crippen molar-refractivity contribution in [2.24, 2.45) is 0 Å². The van der Waals surface area contributed by atoms with E-state index in [1.807, 2.05) is 21.1 Å². The van der Waals surface area contributed by atoms with E-state index in [1.54, 1.807) is 0 Å². The summed E-state index contributed by atoms with van der Waals surface area (Å²) in [6, 6.07) is 0. The van der Waals surface area contributed by atoms with Crippen LogP contribution in [-0.4, -0.2) is 70.0 Å². The summed E-state index contributed by atoms with van der Waals surface area (Å²) in [5.74, 6) is -0.816. The molecule has 0 saturated heterocycles. The summed E-state index contributed by atoms with van der Waals surface area (Å²) in [5.41, 5.74) is 0. The fourth-order valence-corrected chi connectivity index (χ4v) is 7.80. The number of hydrogen-bond acceptors (Lipinski definition) is 8. The third-order valence-electron chi connectivity index (χ3n) is 10.9. The number of ether oxygens (including phenoxy) is 2. The predicted octanol–water partition coefficient (Wildman–Crippen LogP) is 13.3. The minimum Gasteiger partial charge on any atom is -0.756 e. The maximum absolute atomic E-state index is 12.7. The van der Waals surface area contributed by atoms with Gasteiger partial charge in [0.1, 0.15) is 19.8 Å². The molecule has 0 heterocycles. The molecule has 9 nitrogen and oxygen atoms in total. The Labute approximate surface area is 353 Å². The fourth-order valence-electron chi connectivity index (χ4n) is 7.07. The monoisotopic (exact) mass is 832 g/mol. The first-order valence-electron chi connectivity index (χ1n) is 24.2. The molecule has 57 heavy (non-hydrogen) atoms. The van der Waals surface area contributed by atoms with Gasteiger partial charge in [0, 0.05) is 12.8 Å². The molecule has 0 aliphatic rings. The first-order valence-corrected chi connectivity index (χ1v) is 25.7. The zero-order valence-corrected chi connectivity index (χ0v) is 39.2. The first-order chi connectivity index (χ1) is 27.5. The Morgan fingerprint density at radius 3 is 1.12 bits per heavy atom. The summed E-state index contributed by atoms with van der Waals surface area (Å²) >= 11 is 0. The van der Waals surface area contributed by atoms with Crippen LogP contribution in [0.1, 0.15) is 239 Å². The van der Waals surface area contributed by atoms with Crippen LogP contribution in [0.25, 0.3) is 0 Å². The van der Waals surface area contributed by atoms with Gasteiger partial charge in [0.15, 0.2) is 6.10 Å². The van der Waals surface area contributed by atoms with Gasteiger partial charge in [0.25, 0.3) is 7.82 Å². The van der Waals surface area contributed by atoms with Gasteiger partial charge >= 0.3 is 11.9 Å². The highest BCUT2D eigenvalue weighted by Crippen LogP contribution is 2.38. The van der Waals surface area contributed by atoms with Crippen LogP contribution in [0, 0.1) is 0 Å². The Kier molecular flexibility index (Phi) is 39.7. The summed E-state index contributed by atoms with van der Waals surface area (Å²) in [6.07, 6.45) is 41.2. The van der Waals surface area contributed by atoms with Crippen molar-refractivity contribution in [1.29, 1.82) is 0 Å². The molecule has 0 spiro atoms. The van der Waals surface area contributed by atoms with Crippen molar-refractivity contribution in [3.63, 3.8) is 0 Å². The molecule has 0 bridgehead atoms. The lowest BCUT2D eigenvalue weighted by Crippen LogP contribution is -2.37. The van der Waals surface area contributed by atoms with E-state index >= 15 is 0 Å². The maximum Gasteiger partial charge on any atom is 0.306 e. The Morgan fingerprint density at radius 2 is 0.789 bits per heavy atom. The second kappa shape index (κ2) is 40.4. The lowest BCUT2D eigenvalue weighted by atomic mass is 10.0. The lowest BCUT2D eigenvalue weighted by Gasteiger charge is -2.28. The predicted molar refractivity (Wildman–Crippen MR) is 236 cm³/mol. The SMILES string of the molecule is CCCCCCCCCCCCCCCCCCCCCC(=O)OC(COC(=O)CCCCCCCCCCCCCCCC)COP(=O)([O-])OCC[N+](C)(C)C. The highest BCUT2D eigenvalue weighted by molar-refractivity contribution is 7.45. The normalized spacial score (nSPS) is 13.4. The highest BCUT2D eigenvalue weighted by Gasteiger charge is 2.21. The fraction of sp³-hybridized carbons (Fsp3) is 0.957. The summed E-state index contributed by atoms with van der Waals surface area (Å²) in [4.78, 5) is 37.6. The minimum atomic E-state index is -4.62. The van der Waals surface area contributed by atoms with Crippen LogP contribution >= 0.6 is 7.82 Å². The summed E-state index contributed by atoms with van der Waals surface area (Å²) < 4.78 is 34.0. The number of carbonyl (C=O) groups is 2. The van der Waals surface area contributed by atoms with Gasteiger partial charge in [-0.2, -0.15) is 0 Å². The number of esters is 2. The molecule has 0 fully saturated rings. The third-order valence-corrected chi connectivity index (χ3v) is 11.8. The number of quaternary nitrogens is 1. The molecule has 0 rings (SSSR count). The smallest absolute Gasteiger partial charge is 0.306 e. The van der Waals surface area contributed by atoms with Crippen LogP contribution < -0.4 is 4.89 Å².